The Morgan fingerprint density at radius 3 is 2.89 bits per heavy atom. The summed E-state index contributed by atoms with van der Waals surface area (Å²) in [4.78, 5) is 4.37. The third-order valence-corrected chi connectivity index (χ3v) is 4.19. The van der Waals surface area contributed by atoms with Crippen LogP contribution in [0.4, 0.5) is 0 Å². The third kappa shape index (κ3) is 2.56. The Bertz CT molecular complexity index is 550. The van der Waals surface area contributed by atoms with E-state index in [2.05, 4.69) is 17.1 Å². The number of benzene rings is 1. The first-order valence-electron chi connectivity index (χ1n) is 7.05. The zero-order valence-electron chi connectivity index (χ0n) is 11.1. The normalized spacial score (nSPS) is 22.8. The van der Waals surface area contributed by atoms with Crippen LogP contribution in [0.15, 0.2) is 36.5 Å². The first-order chi connectivity index (χ1) is 9.38. The average Bonchev–Trinajstić information content (AvgIpc) is 2.92. The number of fused-ring (bicyclic) bond motifs is 1. The first kappa shape index (κ1) is 12.4. The van der Waals surface area contributed by atoms with Crippen LogP contribution < -0.4 is 10.5 Å². The highest BCUT2D eigenvalue weighted by Gasteiger charge is 2.26. The largest absolute Gasteiger partial charge is 0.477 e. The molecule has 0 bridgehead atoms. The van der Waals surface area contributed by atoms with Gasteiger partial charge in [-0.25, -0.2) is 4.98 Å². The van der Waals surface area contributed by atoms with Crippen molar-refractivity contribution in [1.82, 2.24) is 4.98 Å². The van der Waals surface area contributed by atoms with Crippen molar-refractivity contribution in [2.45, 2.75) is 19.3 Å². The summed E-state index contributed by atoms with van der Waals surface area (Å²) in [6, 6.07) is 10.2. The maximum atomic E-state index is 5.97. The molecule has 19 heavy (non-hydrogen) atoms. The van der Waals surface area contributed by atoms with E-state index in [1.54, 1.807) is 0 Å². The van der Waals surface area contributed by atoms with Crippen LogP contribution >= 0.6 is 0 Å². The number of aromatic nitrogens is 1. The maximum Gasteiger partial charge on any atom is 0.221 e. The molecule has 1 heterocycles. The molecule has 1 saturated carbocycles. The maximum absolute atomic E-state index is 5.97. The summed E-state index contributed by atoms with van der Waals surface area (Å²) in [6.07, 6.45) is 5.56. The van der Waals surface area contributed by atoms with Gasteiger partial charge in [0, 0.05) is 11.6 Å². The Morgan fingerprint density at radius 2 is 2.00 bits per heavy atom. The molecule has 0 amide bonds. The first-order valence-corrected chi connectivity index (χ1v) is 7.05. The Labute approximate surface area is 113 Å². The standard InChI is InChI=1S/C16H20N2O/c17-10-13-5-3-6-14(13)11-19-16-15-7-2-1-4-12(15)8-9-18-16/h1-2,4,7-9,13-14H,3,5-6,10-11,17H2. The molecule has 2 atom stereocenters. The molecule has 1 aromatic carbocycles. The summed E-state index contributed by atoms with van der Waals surface area (Å²) < 4.78 is 5.97. The number of nitrogens with two attached hydrogens (primary N) is 1. The van der Waals surface area contributed by atoms with Gasteiger partial charge >= 0.3 is 0 Å². The molecule has 0 aliphatic heterocycles. The van der Waals surface area contributed by atoms with Crippen LogP contribution in [0.25, 0.3) is 10.8 Å². The molecule has 2 aromatic rings. The summed E-state index contributed by atoms with van der Waals surface area (Å²) in [7, 11) is 0. The number of rotatable bonds is 4. The molecule has 0 spiro atoms. The van der Waals surface area contributed by atoms with Crippen molar-refractivity contribution in [2.24, 2.45) is 17.6 Å². The minimum atomic E-state index is 0.589. The number of pyridine rings is 1. The van der Waals surface area contributed by atoms with Gasteiger partial charge in [0.05, 0.1) is 6.61 Å². The minimum Gasteiger partial charge on any atom is -0.477 e. The van der Waals surface area contributed by atoms with Crippen molar-refractivity contribution < 1.29 is 4.74 Å². The van der Waals surface area contributed by atoms with Crippen molar-refractivity contribution >= 4 is 10.8 Å². The van der Waals surface area contributed by atoms with E-state index < -0.39 is 0 Å². The van der Waals surface area contributed by atoms with Crippen molar-refractivity contribution in [3.05, 3.63) is 36.5 Å². The summed E-state index contributed by atoms with van der Waals surface area (Å²) in [5, 5.41) is 2.27. The number of ether oxygens (including phenoxy) is 1. The summed E-state index contributed by atoms with van der Waals surface area (Å²) in [5.74, 6) is 1.96. The van der Waals surface area contributed by atoms with Gasteiger partial charge in [0.2, 0.25) is 5.88 Å². The van der Waals surface area contributed by atoms with E-state index >= 15 is 0 Å². The second-order valence-electron chi connectivity index (χ2n) is 5.34. The molecule has 1 aliphatic carbocycles. The predicted octanol–water partition coefficient (Wildman–Crippen LogP) is 2.99. The van der Waals surface area contributed by atoms with Crippen LogP contribution in [0.1, 0.15) is 19.3 Å². The second kappa shape index (κ2) is 5.57. The summed E-state index contributed by atoms with van der Waals surface area (Å²) >= 11 is 0. The molecule has 0 radical (unpaired) electrons. The lowest BCUT2D eigenvalue weighted by Crippen LogP contribution is -2.23. The van der Waals surface area contributed by atoms with Gasteiger partial charge in [-0.15, -0.1) is 0 Å². The van der Waals surface area contributed by atoms with Gasteiger partial charge in [0.15, 0.2) is 0 Å². The molecule has 2 N–H and O–H groups in total. The Hall–Kier alpha value is -1.61. The molecule has 1 aromatic heterocycles. The lowest BCUT2D eigenvalue weighted by molar-refractivity contribution is 0.212. The minimum absolute atomic E-state index is 0.589. The van der Waals surface area contributed by atoms with Gasteiger partial charge in [-0.1, -0.05) is 24.6 Å². The van der Waals surface area contributed by atoms with Crippen molar-refractivity contribution in [3.63, 3.8) is 0 Å². The van der Waals surface area contributed by atoms with Crippen LogP contribution in [0.3, 0.4) is 0 Å². The fourth-order valence-electron chi connectivity index (χ4n) is 3.04. The van der Waals surface area contributed by atoms with Crippen molar-refractivity contribution in [2.75, 3.05) is 13.2 Å². The number of hydrogen-bond acceptors (Lipinski definition) is 3. The van der Waals surface area contributed by atoms with Gasteiger partial charge in [-0.2, -0.15) is 0 Å². The molecule has 0 saturated heterocycles. The van der Waals surface area contributed by atoms with Gasteiger partial charge in [-0.3, -0.25) is 0 Å². The van der Waals surface area contributed by atoms with E-state index in [4.69, 9.17) is 10.5 Å². The van der Waals surface area contributed by atoms with Crippen LogP contribution in [0.5, 0.6) is 5.88 Å². The highest BCUT2D eigenvalue weighted by atomic mass is 16.5. The van der Waals surface area contributed by atoms with Gasteiger partial charge in [0.25, 0.3) is 0 Å². The topological polar surface area (TPSA) is 48.1 Å². The third-order valence-electron chi connectivity index (χ3n) is 4.19. The zero-order chi connectivity index (χ0) is 13.1. The number of nitrogens with zero attached hydrogens (tertiary/aromatic N) is 1. The van der Waals surface area contributed by atoms with Gasteiger partial charge in [0.1, 0.15) is 0 Å². The quantitative estimate of drug-likeness (QED) is 0.914. The highest BCUT2D eigenvalue weighted by Crippen LogP contribution is 2.32. The van der Waals surface area contributed by atoms with E-state index in [1.807, 2.05) is 24.4 Å². The van der Waals surface area contributed by atoms with Crippen LogP contribution in [0, 0.1) is 11.8 Å². The van der Waals surface area contributed by atoms with Crippen molar-refractivity contribution in [3.8, 4) is 5.88 Å². The predicted molar refractivity (Wildman–Crippen MR) is 77.1 cm³/mol. The monoisotopic (exact) mass is 256 g/mol. The van der Waals surface area contributed by atoms with E-state index in [-0.39, 0.29) is 0 Å². The van der Waals surface area contributed by atoms with Gasteiger partial charge < -0.3 is 10.5 Å². The highest BCUT2D eigenvalue weighted by molar-refractivity contribution is 5.86. The van der Waals surface area contributed by atoms with E-state index in [1.165, 1.54) is 24.6 Å². The average molecular weight is 256 g/mol. The zero-order valence-corrected chi connectivity index (χ0v) is 11.1. The molecule has 1 aliphatic rings. The smallest absolute Gasteiger partial charge is 0.221 e. The Morgan fingerprint density at radius 1 is 1.16 bits per heavy atom. The molecular weight excluding hydrogens is 236 g/mol. The van der Waals surface area contributed by atoms with E-state index in [0.29, 0.717) is 11.8 Å². The van der Waals surface area contributed by atoms with Gasteiger partial charge in [-0.05, 0) is 48.7 Å². The van der Waals surface area contributed by atoms with Crippen LogP contribution in [-0.4, -0.2) is 18.1 Å². The fraction of sp³-hybridized carbons (Fsp3) is 0.438. The molecule has 2 unspecified atom stereocenters. The Balaban J connectivity index is 1.75. The van der Waals surface area contributed by atoms with E-state index in [0.717, 1.165) is 24.4 Å². The fourth-order valence-corrected chi connectivity index (χ4v) is 3.04. The molecule has 1 fully saturated rings. The summed E-state index contributed by atoms with van der Waals surface area (Å²) in [5.41, 5.74) is 5.81. The van der Waals surface area contributed by atoms with Crippen LogP contribution in [0.2, 0.25) is 0 Å². The lowest BCUT2D eigenvalue weighted by atomic mass is 9.97. The summed E-state index contributed by atoms with van der Waals surface area (Å²) in [6.45, 7) is 1.51. The number of hydrogen-bond donors (Lipinski definition) is 1. The molecule has 3 rings (SSSR count). The molecular formula is C16H20N2O. The Kier molecular flexibility index (Phi) is 3.65. The van der Waals surface area contributed by atoms with Crippen molar-refractivity contribution in [1.29, 1.82) is 0 Å². The molecule has 3 nitrogen and oxygen atoms in total. The SMILES string of the molecule is NCC1CCCC1COc1nccc2ccccc12. The van der Waals surface area contributed by atoms with E-state index in [9.17, 15) is 0 Å². The second-order valence-corrected chi connectivity index (χ2v) is 5.34. The molecule has 100 valence electrons. The molecule has 3 heteroatoms. The lowest BCUT2D eigenvalue weighted by Gasteiger charge is -2.18. The van der Waals surface area contributed by atoms with Crippen LogP contribution in [-0.2, 0) is 0 Å².